The number of ether oxygens (including phenoxy) is 1. The first-order chi connectivity index (χ1) is 10.8. The summed E-state index contributed by atoms with van der Waals surface area (Å²) in [7, 11) is 0. The van der Waals surface area contributed by atoms with Crippen LogP contribution in [-0.2, 0) is 8.92 Å². The molecule has 0 bridgehead atoms. The van der Waals surface area contributed by atoms with E-state index < -0.39 is 5.60 Å². The lowest BCUT2D eigenvalue weighted by Gasteiger charge is -2.21. The summed E-state index contributed by atoms with van der Waals surface area (Å²) < 4.78 is 11.0. The summed E-state index contributed by atoms with van der Waals surface area (Å²) in [6, 6.07) is 8.51. The molecule has 1 aromatic rings. The third-order valence-electron chi connectivity index (χ3n) is 3.74. The van der Waals surface area contributed by atoms with Gasteiger partial charge in [-0.2, -0.15) is 0 Å². The molecule has 1 saturated carbocycles. The van der Waals surface area contributed by atoms with E-state index in [4.69, 9.17) is 8.92 Å². The molecule has 0 radical (unpaired) electrons. The normalized spacial score (nSPS) is 21.2. The second-order valence-electron chi connectivity index (χ2n) is 7.20. The monoisotopic (exact) mass is 337 g/mol. The lowest BCUT2D eigenvalue weighted by Crippen LogP contribution is -2.38. The highest BCUT2D eigenvalue weighted by molar-refractivity contribution is 7.94. The number of hydrogen-bond donors (Lipinski definition) is 1. The van der Waals surface area contributed by atoms with E-state index in [0.29, 0.717) is 12.5 Å². The van der Waals surface area contributed by atoms with Crippen molar-refractivity contribution in [2.24, 2.45) is 5.92 Å². The molecule has 1 amide bonds. The van der Waals surface area contributed by atoms with Crippen LogP contribution in [-0.4, -0.2) is 24.3 Å². The van der Waals surface area contributed by atoms with Gasteiger partial charge in [0.25, 0.3) is 0 Å². The van der Waals surface area contributed by atoms with Crippen molar-refractivity contribution in [1.82, 2.24) is 5.32 Å². The number of rotatable bonds is 5. The molecule has 2 rings (SSSR count). The summed E-state index contributed by atoms with van der Waals surface area (Å²) in [4.78, 5) is 12.9. The van der Waals surface area contributed by atoms with E-state index in [1.807, 2.05) is 20.8 Å². The second kappa shape index (κ2) is 8.06. The van der Waals surface area contributed by atoms with Crippen LogP contribution in [0, 0.1) is 12.8 Å². The topological polar surface area (TPSA) is 47.6 Å². The fourth-order valence-corrected chi connectivity index (χ4v) is 3.27. The summed E-state index contributed by atoms with van der Waals surface area (Å²) in [6.07, 6.45) is 2.70. The number of hydrogen-bond acceptors (Lipinski definition) is 4. The molecule has 2 atom stereocenters. The molecule has 0 heterocycles. The number of alkyl carbamates (subject to hydrolysis) is 1. The van der Waals surface area contributed by atoms with E-state index in [9.17, 15) is 4.79 Å². The van der Waals surface area contributed by atoms with Crippen LogP contribution in [0.3, 0.4) is 0 Å². The zero-order valence-electron chi connectivity index (χ0n) is 14.4. The molecule has 4 nitrogen and oxygen atoms in total. The smallest absolute Gasteiger partial charge is 0.407 e. The van der Waals surface area contributed by atoms with Gasteiger partial charge in [-0.15, -0.1) is 0 Å². The Hall–Kier alpha value is -1.20. The van der Waals surface area contributed by atoms with Gasteiger partial charge in [-0.1, -0.05) is 17.7 Å². The zero-order valence-corrected chi connectivity index (χ0v) is 15.2. The van der Waals surface area contributed by atoms with Crippen molar-refractivity contribution in [1.29, 1.82) is 0 Å². The molecular weight excluding hydrogens is 310 g/mol. The first-order valence-electron chi connectivity index (χ1n) is 8.17. The van der Waals surface area contributed by atoms with E-state index in [1.54, 1.807) is 0 Å². The lowest BCUT2D eigenvalue weighted by atomic mass is 10.1. The fourth-order valence-electron chi connectivity index (χ4n) is 2.62. The Balaban J connectivity index is 1.65. The van der Waals surface area contributed by atoms with Crippen LogP contribution < -0.4 is 5.32 Å². The van der Waals surface area contributed by atoms with E-state index in [1.165, 1.54) is 17.6 Å². The van der Waals surface area contributed by atoms with Crippen molar-refractivity contribution in [3.05, 3.63) is 29.8 Å². The number of amides is 1. The van der Waals surface area contributed by atoms with Crippen LogP contribution in [0.25, 0.3) is 0 Å². The third-order valence-corrected chi connectivity index (χ3v) is 4.46. The SMILES string of the molecule is Cc1ccc(SOCC2CCC(NC(=O)OC(C)(C)C)C2)cc1. The molecule has 1 aliphatic rings. The minimum absolute atomic E-state index is 0.197. The Labute approximate surface area is 143 Å². The molecule has 0 saturated heterocycles. The fraction of sp³-hybridized carbons (Fsp3) is 0.611. The predicted octanol–water partition coefficient (Wildman–Crippen LogP) is 4.71. The van der Waals surface area contributed by atoms with Gasteiger partial charge in [0.1, 0.15) is 5.60 Å². The van der Waals surface area contributed by atoms with Crippen LogP contribution in [0.15, 0.2) is 29.2 Å². The van der Waals surface area contributed by atoms with Gasteiger partial charge in [0, 0.05) is 23.0 Å². The second-order valence-corrected chi connectivity index (χ2v) is 8.08. The van der Waals surface area contributed by atoms with Crippen LogP contribution >= 0.6 is 12.0 Å². The van der Waals surface area contributed by atoms with Gasteiger partial charge in [0.2, 0.25) is 0 Å². The van der Waals surface area contributed by atoms with Crippen LogP contribution in [0.5, 0.6) is 0 Å². The molecule has 1 aromatic carbocycles. The van der Waals surface area contributed by atoms with E-state index in [2.05, 4.69) is 36.5 Å². The molecule has 0 spiro atoms. The highest BCUT2D eigenvalue weighted by atomic mass is 32.2. The number of benzene rings is 1. The first kappa shape index (κ1) is 18.1. The average Bonchev–Trinajstić information content (AvgIpc) is 2.86. The highest BCUT2D eigenvalue weighted by Gasteiger charge is 2.27. The van der Waals surface area contributed by atoms with Crippen molar-refractivity contribution in [2.45, 2.75) is 63.5 Å². The molecule has 128 valence electrons. The first-order valence-corrected chi connectivity index (χ1v) is 8.91. The Morgan fingerprint density at radius 1 is 1.26 bits per heavy atom. The summed E-state index contributed by atoms with van der Waals surface area (Å²) in [5.41, 5.74) is 0.803. The molecule has 2 unspecified atom stereocenters. The maximum absolute atomic E-state index is 11.8. The average molecular weight is 337 g/mol. The number of carbonyl (C=O) groups excluding carboxylic acids is 1. The van der Waals surface area contributed by atoms with Crippen molar-refractivity contribution in [3.8, 4) is 0 Å². The molecule has 1 aliphatic carbocycles. The predicted molar refractivity (Wildman–Crippen MR) is 93.5 cm³/mol. The van der Waals surface area contributed by atoms with Crippen molar-refractivity contribution in [2.75, 3.05) is 6.61 Å². The quantitative estimate of drug-likeness (QED) is 0.790. The largest absolute Gasteiger partial charge is 0.444 e. The van der Waals surface area contributed by atoms with E-state index in [-0.39, 0.29) is 12.1 Å². The standard InChI is InChI=1S/C18H27NO3S/c1-13-5-9-16(10-6-13)23-21-12-14-7-8-15(11-14)19-17(20)22-18(2,3)4/h5-6,9-10,14-15H,7-8,11-12H2,1-4H3,(H,19,20). The van der Waals surface area contributed by atoms with E-state index in [0.717, 1.165) is 24.2 Å². The van der Waals surface area contributed by atoms with Gasteiger partial charge in [-0.25, -0.2) is 4.79 Å². The minimum Gasteiger partial charge on any atom is -0.444 e. The third kappa shape index (κ3) is 6.83. The lowest BCUT2D eigenvalue weighted by molar-refractivity contribution is 0.0504. The maximum atomic E-state index is 11.8. The molecule has 0 aromatic heterocycles. The number of nitrogens with one attached hydrogen (secondary N) is 1. The summed E-state index contributed by atoms with van der Waals surface area (Å²) in [6.45, 7) is 8.41. The van der Waals surface area contributed by atoms with Crippen LogP contribution in [0.1, 0.15) is 45.6 Å². The Morgan fingerprint density at radius 2 is 1.96 bits per heavy atom. The summed E-state index contributed by atoms with van der Waals surface area (Å²) in [5.74, 6) is 0.493. The maximum Gasteiger partial charge on any atom is 0.407 e. The van der Waals surface area contributed by atoms with E-state index >= 15 is 0 Å². The minimum atomic E-state index is -0.449. The van der Waals surface area contributed by atoms with Gasteiger partial charge >= 0.3 is 6.09 Å². The van der Waals surface area contributed by atoms with Gasteiger partial charge in [-0.3, -0.25) is 0 Å². The Bertz CT molecular complexity index is 510. The summed E-state index contributed by atoms with van der Waals surface area (Å²) in [5, 5.41) is 2.96. The number of carbonyl (C=O) groups is 1. The van der Waals surface area contributed by atoms with Crippen LogP contribution in [0.4, 0.5) is 4.79 Å². The molecule has 1 fully saturated rings. The Morgan fingerprint density at radius 3 is 2.61 bits per heavy atom. The Kier molecular flexibility index (Phi) is 6.36. The molecular formula is C18H27NO3S. The van der Waals surface area contributed by atoms with Crippen molar-refractivity contribution >= 4 is 18.1 Å². The zero-order chi connectivity index (χ0) is 16.9. The molecule has 23 heavy (non-hydrogen) atoms. The van der Waals surface area contributed by atoms with Crippen molar-refractivity contribution < 1.29 is 13.7 Å². The van der Waals surface area contributed by atoms with Crippen LogP contribution in [0.2, 0.25) is 0 Å². The van der Waals surface area contributed by atoms with Gasteiger partial charge < -0.3 is 14.2 Å². The highest BCUT2D eigenvalue weighted by Crippen LogP contribution is 2.29. The molecule has 0 aliphatic heterocycles. The molecule has 5 heteroatoms. The van der Waals surface area contributed by atoms with Gasteiger partial charge in [0.15, 0.2) is 0 Å². The summed E-state index contributed by atoms with van der Waals surface area (Å²) >= 11 is 1.43. The number of aryl methyl sites for hydroxylation is 1. The van der Waals surface area contributed by atoms with Gasteiger partial charge in [-0.05, 0) is 65.0 Å². The molecule has 1 N–H and O–H groups in total. The van der Waals surface area contributed by atoms with Crippen molar-refractivity contribution in [3.63, 3.8) is 0 Å². The van der Waals surface area contributed by atoms with Gasteiger partial charge in [0.05, 0.1) is 6.61 Å².